The van der Waals surface area contributed by atoms with Crippen LogP contribution >= 0.6 is 23.2 Å². The molecule has 0 bridgehead atoms. The average Bonchev–Trinajstić information content (AvgIpc) is 3.92. The van der Waals surface area contributed by atoms with E-state index in [4.69, 9.17) is 38.8 Å². The van der Waals surface area contributed by atoms with Crippen molar-refractivity contribution in [3.05, 3.63) is 152 Å². The Labute approximate surface area is 409 Å². The second-order valence-electron chi connectivity index (χ2n) is 17.6. The largest absolute Gasteiger partial charge is 0.478 e. The topological polar surface area (TPSA) is 170 Å². The van der Waals surface area contributed by atoms with Gasteiger partial charge in [-0.25, -0.2) is 35.9 Å². The van der Waals surface area contributed by atoms with Crippen molar-refractivity contribution in [3.8, 4) is 22.5 Å². The van der Waals surface area contributed by atoms with E-state index in [1.807, 2.05) is 0 Å². The highest BCUT2D eigenvalue weighted by Gasteiger charge is 2.33. The Morgan fingerprint density at radius 3 is 1.69 bits per heavy atom. The Bertz CT molecular complexity index is 2830. The number of carbonyl (C=O) groups is 3. The summed E-state index contributed by atoms with van der Waals surface area (Å²) in [5.41, 5.74) is 8.32. The van der Waals surface area contributed by atoms with E-state index >= 15 is 0 Å². The van der Waals surface area contributed by atoms with Gasteiger partial charge in [0.05, 0.1) is 27.0 Å². The fourth-order valence-corrected chi connectivity index (χ4v) is 8.78. The van der Waals surface area contributed by atoms with Crippen LogP contribution in [-0.2, 0) is 18.8 Å². The molecule has 2 fully saturated rings. The van der Waals surface area contributed by atoms with Crippen LogP contribution in [0.1, 0.15) is 77.3 Å². The normalized spacial score (nSPS) is 17.9. The standard InChI is InChI=1S/C22H20ClF3N4O.C16H22F2N2O2.C11H8ClFN2O2/c1-30-20(5-7-28-30)13-8-15(23)21(18(26)10-13)22(31)29-19-11-27-6-4-14(19)12-2-3-16(24)17(25)9-12;1-16(2,3)22-15(21)20-7-6-11(14(19)9-20)10-4-5-12(17)13(18)8-10;1-15-9(2-3-14-15)6-4-7(12)10(11(16)17)8(13)5-6/h2-3,5,7-10,14,19,27H,4,6,11H2,1H3,(H,29,31);4-5,8,11,14H,6-7,9,19H2,1-3H3;2-5H,1H3,(H,16,17)/t14-,19+;11-,14+;/m00./s1. The molecule has 2 aliphatic rings. The monoisotopic (exact) mass is 1010 g/mol. The quantitative estimate of drug-likeness (QED) is 0.114. The summed E-state index contributed by atoms with van der Waals surface area (Å²) in [5.74, 6) is -7.64. The molecule has 6 aromatic rings. The zero-order valence-corrected chi connectivity index (χ0v) is 40.1. The predicted molar refractivity (Wildman–Crippen MR) is 252 cm³/mol. The summed E-state index contributed by atoms with van der Waals surface area (Å²) >= 11 is 12.0. The van der Waals surface area contributed by atoms with Gasteiger partial charge in [-0.05, 0) is 112 Å². The number of likely N-dealkylation sites (tertiary alicyclic amines) is 1. The van der Waals surface area contributed by atoms with Crippen LogP contribution in [0.3, 0.4) is 0 Å². The Balaban J connectivity index is 0.000000181. The van der Waals surface area contributed by atoms with Gasteiger partial charge in [0.25, 0.3) is 5.91 Å². The minimum absolute atomic E-state index is 0.0261. The molecule has 372 valence electrons. The Morgan fingerprint density at radius 2 is 1.24 bits per heavy atom. The number of hydrogen-bond acceptors (Lipinski definition) is 8. The molecule has 0 radical (unpaired) electrons. The van der Waals surface area contributed by atoms with Gasteiger partial charge in [0.15, 0.2) is 23.3 Å². The van der Waals surface area contributed by atoms with E-state index in [-0.39, 0.29) is 33.5 Å². The van der Waals surface area contributed by atoms with Crippen LogP contribution in [0.5, 0.6) is 0 Å². The molecule has 2 aliphatic heterocycles. The van der Waals surface area contributed by atoms with Crippen molar-refractivity contribution in [1.29, 1.82) is 0 Å². The summed E-state index contributed by atoms with van der Waals surface area (Å²) < 4.78 is 90.3. The van der Waals surface area contributed by atoms with Gasteiger partial charge in [-0.15, -0.1) is 0 Å². The minimum atomic E-state index is -1.39. The number of benzene rings is 4. The van der Waals surface area contributed by atoms with Crippen molar-refractivity contribution in [1.82, 2.24) is 35.1 Å². The summed E-state index contributed by atoms with van der Waals surface area (Å²) in [6.45, 7) is 7.29. The van der Waals surface area contributed by atoms with E-state index < -0.39 is 70.1 Å². The number of carboxylic acid groups (broad SMARTS) is 1. The lowest BCUT2D eigenvalue weighted by atomic mass is 9.85. The third-order valence-electron chi connectivity index (χ3n) is 11.6. The third-order valence-corrected chi connectivity index (χ3v) is 12.2. The molecule has 21 heteroatoms. The average molecular weight is 1020 g/mol. The van der Waals surface area contributed by atoms with Crippen LogP contribution in [0.25, 0.3) is 22.5 Å². The zero-order chi connectivity index (χ0) is 51.2. The van der Waals surface area contributed by atoms with E-state index in [1.54, 1.807) is 79.7 Å². The highest BCUT2D eigenvalue weighted by Crippen LogP contribution is 2.33. The van der Waals surface area contributed by atoms with Crippen molar-refractivity contribution in [2.24, 2.45) is 19.8 Å². The van der Waals surface area contributed by atoms with E-state index in [2.05, 4.69) is 20.8 Å². The molecule has 2 aromatic heterocycles. The number of aromatic nitrogens is 4. The number of carbonyl (C=O) groups excluding carboxylic acids is 2. The SMILES string of the molecule is CC(C)(C)OC(=O)N1CC[C@@H](c2ccc(F)c(F)c2)[C@H](N)C1.Cn1nccc1-c1cc(F)c(C(=O)N[C@@H]2CNCC[C@H]2c2ccc(F)c(F)c2)c(Cl)c1.Cn1nccc1-c1cc(F)c(C(=O)O)c(Cl)c1. The molecule has 0 spiro atoms. The molecule has 4 aromatic carbocycles. The number of aromatic carboxylic acids is 1. The predicted octanol–water partition coefficient (Wildman–Crippen LogP) is 9.63. The maximum absolute atomic E-state index is 14.9. The van der Waals surface area contributed by atoms with Gasteiger partial charge in [0.2, 0.25) is 0 Å². The maximum Gasteiger partial charge on any atom is 0.410 e. The zero-order valence-electron chi connectivity index (χ0n) is 38.6. The molecule has 0 saturated carbocycles. The van der Waals surface area contributed by atoms with Crippen molar-refractivity contribution < 1.29 is 50.6 Å². The van der Waals surface area contributed by atoms with Crippen LogP contribution in [0.2, 0.25) is 10.0 Å². The van der Waals surface area contributed by atoms with Gasteiger partial charge >= 0.3 is 12.1 Å². The van der Waals surface area contributed by atoms with Crippen molar-refractivity contribution >= 4 is 41.2 Å². The van der Waals surface area contributed by atoms with Gasteiger partial charge in [-0.1, -0.05) is 35.3 Å². The number of rotatable bonds is 7. The first kappa shape index (κ1) is 53.0. The highest BCUT2D eigenvalue weighted by molar-refractivity contribution is 6.34. The van der Waals surface area contributed by atoms with Gasteiger partial charge < -0.3 is 31.1 Å². The molecule has 70 heavy (non-hydrogen) atoms. The first-order chi connectivity index (χ1) is 33.0. The van der Waals surface area contributed by atoms with Crippen molar-refractivity contribution in [2.75, 3.05) is 26.2 Å². The van der Waals surface area contributed by atoms with E-state index in [9.17, 15) is 40.7 Å². The summed E-state index contributed by atoms with van der Waals surface area (Å²) in [7, 11) is 3.42. The minimum Gasteiger partial charge on any atom is -0.478 e. The first-order valence-corrected chi connectivity index (χ1v) is 22.6. The highest BCUT2D eigenvalue weighted by atomic mass is 35.5. The number of carboxylic acids is 1. The number of nitrogens with two attached hydrogens (primary N) is 1. The Kier molecular flexibility index (Phi) is 17.1. The van der Waals surface area contributed by atoms with Gasteiger partial charge in [0.1, 0.15) is 22.8 Å². The Hall–Kier alpha value is -6.41. The maximum atomic E-state index is 14.9. The lowest BCUT2D eigenvalue weighted by molar-refractivity contribution is 0.0186. The van der Waals surface area contributed by atoms with Crippen molar-refractivity contribution in [2.45, 2.75) is 63.1 Å². The van der Waals surface area contributed by atoms with E-state index in [0.29, 0.717) is 72.7 Å². The van der Waals surface area contributed by atoms with Crippen LogP contribution in [0.15, 0.2) is 85.2 Å². The van der Waals surface area contributed by atoms with Gasteiger partial charge in [-0.2, -0.15) is 10.2 Å². The smallest absolute Gasteiger partial charge is 0.410 e. The molecular formula is C49H50Cl2F6N8O5. The molecule has 2 saturated heterocycles. The van der Waals surface area contributed by atoms with E-state index in [1.165, 1.54) is 30.3 Å². The number of halogens is 8. The number of piperidine rings is 2. The first-order valence-electron chi connectivity index (χ1n) is 21.9. The molecule has 2 amide bonds. The lowest BCUT2D eigenvalue weighted by Crippen LogP contribution is -2.50. The number of ether oxygens (including phenoxy) is 1. The van der Waals surface area contributed by atoms with Crippen LogP contribution in [0.4, 0.5) is 31.1 Å². The number of aryl methyl sites for hydroxylation is 2. The van der Waals surface area contributed by atoms with Crippen molar-refractivity contribution in [3.63, 3.8) is 0 Å². The molecule has 4 atom stereocenters. The second-order valence-corrected chi connectivity index (χ2v) is 18.4. The van der Waals surface area contributed by atoms with Gasteiger partial charge in [-0.3, -0.25) is 14.2 Å². The fraction of sp³-hybridized carbons (Fsp3) is 0.327. The molecule has 8 rings (SSSR count). The number of nitrogens with zero attached hydrogens (tertiary/aromatic N) is 5. The summed E-state index contributed by atoms with van der Waals surface area (Å²) in [6, 6.07) is 15.5. The van der Waals surface area contributed by atoms with Crippen LogP contribution < -0.4 is 16.4 Å². The summed E-state index contributed by atoms with van der Waals surface area (Å²) in [5, 5.41) is 22.6. The van der Waals surface area contributed by atoms with Crippen LogP contribution in [-0.4, -0.2) is 91.4 Å². The molecule has 0 aliphatic carbocycles. The fourth-order valence-electron chi connectivity index (χ4n) is 8.20. The third kappa shape index (κ3) is 12.9. The molecule has 13 nitrogen and oxygen atoms in total. The summed E-state index contributed by atoms with van der Waals surface area (Å²) in [6.07, 6.45) is 3.94. The number of hydrogen-bond donors (Lipinski definition) is 4. The second kappa shape index (κ2) is 22.6. The van der Waals surface area contributed by atoms with E-state index in [0.717, 1.165) is 24.3 Å². The number of nitrogens with one attached hydrogen (secondary N) is 2. The Morgan fingerprint density at radius 1 is 0.729 bits per heavy atom. The molecule has 0 unspecified atom stereocenters. The summed E-state index contributed by atoms with van der Waals surface area (Å²) in [4.78, 5) is 37.3. The van der Waals surface area contributed by atoms with Gasteiger partial charge in [0, 0.05) is 81.2 Å². The molecular weight excluding hydrogens is 965 g/mol. The molecule has 5 N–H and O–H groups in total. The number of amides is 2. The lowest BCUT2D eigenvalue weighted by Gasteiger charge is -2.37. The van der Waals surface area contributed by atoms with Crippen LogP contribution in [0, 0.1) is 34.9 Å². The molecule has 4 heterocycles.